The molecule has 0 spiro atoms. The maximum atomic E-state index is 12.7. The van der Waals surface area contributed by atoms with Gasteiger partial charge in [0.25, 0.3) is 0 Å². The quantitative estimate of drug-likeness (QED) is 0.308. The number of methoxy groups -OCH3 is 1. The van der Waals surface area contributed by atoms with E-state index in [0.717, 1.165) is 43.0 Å². The second-order valence-electron chi connectivity index (χ2n) is 9.60. The summed E-state index contributed by atoms with van der Waals surface area (Å²) in [5, 5.41) is 6.69. The Morgan fingerprint density at radius 1 is 1.05 bits per heavy atom. The number of likely N-dealkylation sites (tertiary alicyclic amines) is 2. The molecule has 10 nitrogen and oxygen atoms in total. The number of guanidine groups is 1. The minimum atomic E-state index is -0.630. The van der Waals surface area contributed by atoms with Crippen LogP contribution >= 0.6 is 12.2 Å². The number of nitrogens with one attached hydrogen (secondary N) is 2. The van der Waals surface area contributed by atoms with E-state index in [1.54, 1.807) is 7.11 Å². The Hall–Kier alpha value is -3.31. The molecule has 0 aliphatic carbocycles. The lowest BCUT2D eigenvalue weighted by Gasteiger charge is -2.48. The van der Waals surface area contributed by atoms with Gasteiger partial charge in [-0.15, -0.1) is 0 Å². The number of amides is 1. The molecular formula is C26H36N8O2S. The van der Waals surface area contributed by atoms with Crippen molar-refractivity contribution in [1.82, 2.24) is 19.8 Å². The standard InChI is InChI=1S/C26H36N8O2S/c1-18-17-19(2)29-23(28-18)31-24(32-25(37)30-20-9-5-6-10-21(20)36-3)33-15-11-26(12-16-33,22(27)35)34-13-7-4-8-14-34/h5-6,9-10,17H,4,7-8,11-16H2,1-3H3,(H2,27,35)(H2,28,29,30,31,32,37). The van der Waals surface area contributed by atoms with E-state index < -0.39 is 5.54 Å². The smallest absolute Gasteiger partial charge is 0.238 e. The van der Waals surface area contributed by atoms with E-state index in [4.69, 9.17) is 27.7 Å². The van der Waals surface area contributed by atoms with Gasteiger partial charge in [0.05, 0.1) is 12.8 Å². The zero-order valence-electron chi connectivity index (χ0n) is 21.8. The number of aromatic nitrogens is 2. The lowest BCUT2D eigenvalue weighted by atomic mass is 9.83. The van der Waals surface area contributed by atoms with Crippen LogP contribution in [0.2, 0.25) is 0 Å². The largest absolute Gasteiger partial charge is 0.495 e. The molecule has 1 aromatic carbocycles. The van der Waals surface area contributed by atoms with Gasteiger partial charge in [0.2, 0.25) is 22.9 Å². The van der Waals surface area contributed by atoms with Crippen LogP contribution in [0, 0.1) is 13.8 Å². The van der Waals surface area contributed by atoms with Crippen LogP contribution in [-0.2, 0) is 4.79 Å². The van der Waals surface area contributed by atoms with Crippen molar-refractivity contribution in [3.63, 3.8) is 0 Å². The lowest BCUT2D eigenvalue weighted by molar-refractivity contribution is -0.134. The zero-order chi connectivity index (χ0) is 26.4. The van der Waals surface area contributed by atoms with Gasteiger partial charge >= 0.3 is 0 Å². The molecule has 2 saturated heterocycles. The third-order valence-electron chi connectivity index (χ3n) is 7.07. The highest BCUT2D eigenvalue weighted by molar-refractivity contribution is 7.80. The molecule has 0 atom stereocenters. The van der Waals surface area contributed by atoms with Crippen molar-refractivity contribution in [3.8, 4) is 5.75 Å². The topological polar surface area (TPSA) is 121 Å². The summed E-state index contributed by atoms with van der Waals surface area (Å²) in [4.78, 5) is 30.9. The first-order valence-corrected chi connectivity index (χ1v) is 13.1. The SMILES string of the molecule is COc1ccccc1NC(=S)/N=C(/Nc1nc(C)cc(C)n1)N1CCC(C(N)=O)(N2CCCCC2)CC1. The monoisotopic (exact) mass is 524 g/mol. The number of carbonyl (C=O) groups excluding carboxylic acids is 1. The van der Waals surface area contributed by atoms with Crippen LogP contribution in [-0.4, -0.2) is 75.6 Å². The second kappa shape index (κ2) is 11.8. The summed E-state index contributed by atoms with van der Waals surface area (Å²) in [5.74, 6) is 1.39. The highest BCUT2D eigenvalue weighted by atomic mass is 32.1. The van der Waals surface area contributed by atoms with E-state index >= 15 is 0 Å². The number of carbonyl (C=O) groups is 1. The molecule has 0 unspecified atom stereocenters. The van der Waals surface area contributed by atoms with E-state index in [1.807, 2.05) is 44.2 Å². The first-order valence-electron chi connectivity index (χ1n) is 12.7. The molecule has 0 saturated carbocycles. The van der Waals surface area contributed by atoms with Gasteiger partial charge in [-0.1, -0.05) is 18.6 Å². The van der Waals surface area contributed by atoms with Crippen molar-refractivity contribution >= 4 is 40.8 Å². The average molecular weight is 525 g/mol. The first-order chi connectivity index (χ1) is 17.8. The number of piperidine rings is 2. The molecule has 4 rings (SSSR count). The first kappa shape index (κ1) is 26.7. The molecule has 198 valence electrons. The number of nitrogens with two attached hydrogens (primary N) is 1. The number of benzene rings is 1. The highest BCUT2D eigenvalue weighted by Crippen LogP contribution is 2.32. The number of hydrogen-bond donors (Lipinski definition) is 3. The Morgan fingerprint density at radius 3 is 2.32 bits per heavy atom. The number of ether oxygens (including phenoxy) is 1. The number of rotatable bonds is 5. The number of aryl methyl sites for hydroxylation is 2. The van der Waals surface area contributed by atoms with Crippen LogP contribution in [0.1, 0.15) is 43.5 Å². The fourth-order valence-electron chi connectivity index (χ4n) is 5.18. The van der Waals surface area contributed by atoms with Crippen molar-refractivity contribution < 1.29 is 9.53 Å². The summed E-state index contributed by atoms with van der Waals surface area (Å²) in [7, 11) is 1.61. The van der Waals surface area contributed by atoms with Gasteiger partial charge in [-0.3, -0.25) is 15.0 Å². The Morgan fingerprint density at radius 2 is 1.70 bits per heavy atom. The number of anilines is 2. The second-order valence-corrected chi connectivity index (χ2v) is 9.98. The van der Waals surface area contributed by atoms with E-state index in [1.165, 1.54) is 6.42 Å². The number of thiocarbonyl (C=S) groups is 1. The summed E-state index contributed by atoms with van der Waals surface area (Å²) >= 11 is 5.60. The summed E-state index contributed by atoms with van der Waals surface area (Å²) in [6, 6.07) is 9.43. The van der Waals surface area contributed by atoms with E-state index in [0.29, 0.717) is 43.6 Å². The fourth-order valence-corrected chi connectivity index (χ4v) is 5.37. The van der Waals surface area contributed by atoms with Crippen molar-refractivity contribution in [2.45, 2.75) is 51.5 Å². The molecule has 2 fully saturated rings. The van der Waals surface area contributed by atoms with Crippen LogP contribution in [0.15, 0.2) is 35.3 Å². The molecule has 0 bridgehead atoms. The Balaban J connectivity index is 1.58. The van der Waals surface area contributed by atoms with Gasteiger partial charge in [-0.2, -0.15) is 4.99 Å². The minimum Gasteiger partial charge on any atom is -0.495 e. The molecule has 11 heteroatoms. The number of primary amides is 1. The van der Waals surface area contributed by atoms with Gasteiger partial charge in [0.15, 0.2) is 0 Å². The third-order valence-corrected chi connectivity index (χ3v) is 7.27. The van der Waals surface area contributed by atoms with Crippen LogP contribution < -0.4 is 21.1 Å². The summed E-state index contributed by atoms with van der Waals surface area (Å²) in [5.41, 5.74) is 7.78. The molecule has 0 radical (unpaired) electrons. The number of para-hydroxylation sites is 2. The van der Waals surface area contributed by atoms with Crippen LogP contribution in [0.3, 0.4) is 0 Å². The molecule has 37 heavy (non-hydrogen) atoms. The van der Waals surface area contributed by atoms with E-state index in [9.17, 15) is 4.79 Å². The molecule has 1 amide bonds. The van der Waals surface area contributed by atoms with Crippen molar-refractivity contribution in [2.75, 3.05) is 43.9 Å². The lowest BCUT2D eigenvalue weighted by Crippen LogP contribution is -2.64. The molecular weight excluding hydrogens is 488 g/mol. The van der Waals surface area contributed by atoms with E-state index in [2.05, 4.69) is 30.4 Å². The summed E-state index contributed by atoms with van der Waals surface area (Å²) < 4.78 is 5.43. The van der Waals surface area contributed by atoms with Crippen LogP contribution in [0.4, 0.5) is 11.6 Å². The van der Waals surface area contributed by atoms with Crippen molar-refractivity contribution in [2.24, 2.45) is 10.7 Å². The van der Waals surface area contributed by atoms with Gasteiger partial charge in [-0.05, 0) is 83.0 Å². The van der Waals surface area contributed by atoms with E-state index in [-0.39, 0.29) is 11.0 Å². The maximum Gasteiger partial charge on any atom is 0.238 e. The highest BCUT2D eigenvalue weighted by Gasteiger charge is 2.45. The Bertz CT molecular complexity index is 1140. The predicted molar refractivity (Wildman–Crippen MR) is 150 cm³/mol. The third kappa shape index (κ3) is 6.34. The van der Waals surface area contributed by atoms with Gasteiger partial charge in [0.1, 0.15) is 11.3 Å². The predicted octanol–water partition coefficient (Wildman–Crippen LogP) is 3.07. The molecule has 4 N–H and O–H groups in total. The molecule has 3 heterocycles. The van der Waals surface area contributed by atoms with Crippen LogP contribution in [0.5, 0.6) is 5.75 Å². The van der Waals surface area contributed by atoms with Crippen LogP contribution in [0.25, 0.3) is 0 Å². The normalized spacial score (nSPS) is 18.2. The zero-order valence-corrected chi connectivity index (χ0v) is 22.6. The molecule has 2 aromatic rings. The number of nitrogens with zero attached hydrogens (tertiary/aromatic N) is 5. The van der Waals surface area contributed by atoms with Gasteiger partial charge in [-0.25, -0.2) is 9.97 Å². The van der Waals surface area contributed by atoms with Gasteiger partial charge < -0.3 is 20.7 Å². The van der Waals surface area contributed by atoms with Crippen molar-refractivity contribution in [1.29, 1.82) is 0 Å². The summed E-state index contributed by atoms with van der Waals surface area (Å²) in [6.45, 7) is 6.84. The van der Waals surface area contributed by atoms with Crippen molar-refractivity contribution in [3.05, 3.63) is 41.7 Å². The molecule has 2 aliphatic heterocycles. The fraction of sp³-hybridized carbons (Fsp3) is 0.500. The van der Waals surface area contributed by atoms with Gasteiger partial charge in [0, 0.05) is 24.5 Å². The number of aliphatic imine (C=N–C) groups is 1. The maximum absolute atomic E-state index is 12.7. The summed E-state index contributed by atoms with van der Waals surface area (Å²) in [6.07, 6.45) is 4.62. The number of hydrogen-bond acceptors (Lipinski definition) is 6. The minimum absolute atomic E-state index is 0.244. The molecule has 1 aromatic heterocycles. The average Bonchev–Trinajstić information content (AvgIpc) is 2.88. The Labute approximate surface area is 223 Å². The Kier molecular flexibility index (Phi) is 8.55. The molecule has 2 aliphatic rings.